The Bertz CT molecular complexity index is 820. The van der Waals surface area contributed by atoms with E-state index in [1.807, 2.05) is 0 Å². The van der Waals surface area contributed by atoms with Crippen molar-refractivity contribution in [2.45, 2.75) is 13.0 Å². The van der Waals surface area contributed by atoms with Crippen LogP contribution in [0.15, 0.2) is 47.6 Å². The molecule has 1 amide bonds. The molecule has 0 aliphatic heterocycles. The molecule has 0 aliphatic carbocycles. The van der Waals surface area contributed by atoms with Gasteiger partial charge >= 0.3 is 0 Å². The Morgan fingerprint density at radius 1 is 1.31 bits per heavy atom. The summed E-state index contributed by atoms with van der Waals surface area (Å²) in [5, 5.41) is 27.1. The van der Waals surface area contributed by atoms with Crippen molar-refractivity contribution in [3.63, 3.8) is 0 Å². The van der Waals surface area contributed by atoms with Gasteiger partial charge in [-0.2, -0.15) is 5.10 Å². The van der Waals surface area contributed by atoms with Crippen molar-refractivity contribution in [2.75, 3.05) is 12.4 Å². The summed E-state index contributed by atoms with van der Waals surface area (Å²) in [5.41, 5.74) is 2.97. The number of carbonyl (C=O) groups is 1. The van der Waals surface area contributed by atoms with E-state index in [0.29, 0.717) is 5.75 Å². The summed E-state index contributed by atoms with van der Waals surface area (Å²) in [6, 6.07) is 10.00. The molecular formula is C17H18N4O5. The van der Waals surface area contributed by atoms with Crippen LogP contribution in [0.4, 0.5) is 11.4 Å². The Kier molecular flexibility index (Phi) is 6.10. The first-order chi connectivity index (χ1) is 12.4. The van der Waals surface area contributed by atoms with Gasteiger partial charge in [0.25, 0.3) is 11.6 Å². The smallest absolute Gasteiger partial charge is 0.270 e. The van der Waals surface area contributed by atoms with Crippen molar-refractivity contribution >= 4 is 23.5 Å². The molecule has 0 saturated carbocycles. The fourth-order valence-corrected chi connectivity index (χ4v) is 2.02. The summed E-state index contributed by atoms with van der Waals surface area (Å²) < 4.78 is 5.06. The fourth-order valence-electron chi connectivity index (χ4n) is 2.02. The molecule has 3 N–H and O–H groups in total. The third-order valence-electron chi connectivity index (χ3n) is 3.47. The van der Waals surface area contributed by atoms with Gasteiger partial charge in [0, 0.05) is 23.4 Å². The first-order valence-electron chi connectivity index (χ1n) is 7.61. The molecule has 0 aromatic heterocycles. The molecule has 0 unspecified atom stereocenters. The van der Waals surface area contributed by atoms with Gasteiger partial charge in [-0.05, 0) is 37.3 Å². The molecule has 2 rings (SSSR count). The molecule has 9 heteroatoms. The summed E-state index contributed by atoms with van der Waals surface area (Å²) in [7, 11) is 1.57. The molecular weight excluding hydrogens is 340 g/mol. The second-order valence-corrected chi connectivity index (χ2v) is 5.33. The lowest BCUT2D eigenvalue weighted by Crippen LogP contribution is -2.34. The highest BCUT2D eigenvalue weighted by Gasteiger charge is 2.12. The van der Waals surface area contributed by atoms with E-state index in [2.05, 4.69) is 15.8 Å². The van der Waals surface area contributed by atoms with Gasteiger partial charge in [0.1, 0.15) is 17.5 Å². The molecule has 0 radical (unpaired) electrons. The molecule has 0 heterocycles. The highest BCUT2D eigenvalue weighted by Crippen LogP contribution is 2.21. The number of ether oxygens (including phenoxy) is 1. The Morgan fingerprint density at radius 3 is 2.62 bits per heavy atom. The van der Waals surface area contributed by atoms with Crippen LogP contribution in [0, 0.1) is 10.1 Å². The van der Waals surface area contributed by atoms with Gasteiger partial charge in [0.05, 0.1) is 18.2 Å². The third-order valence-corrected chi connectivity index (χ3v) is 3.47. The van der Waals surface area contributed by atoms with Crippen LogP contribution >= 0.6 is 0 Å². The van der Waals surface area contributed by atoms with Crippen LogP contribution in [0.1, 0.15) is 12.5 Å². The van der Waals surface area contributed by atoms with Crippen LogP contribution in [0.2, 0.25) is 0 Å². The van der Waals surface area contributed by atoms with Gasteiger partial charge < -0.3 is 15.2 Å². The number of benzene rings is 2. The molecule has 0 bridgehead atoms. The molecule has 0 saturated heterocycles. The summed E-state index contributed by atoms with van der Waals surface area (Å²) in [4.78, 5) is 22.2. The van der Waals surface area contributed by atoms with Gasteiger partial charge in [-0.15, -0.1) is 0 Å². The van der Waals surface area contributed by atoms with Crippen molar-refractivity contribution in [1.29, 1.82) is 0 Å². The average molecular weight is 358 g/mol. The highest BCUT2D eigenvalue weighted by molar-refractivity contribution is 5.88. The lowest BCUT2D eigenvalue weighted by atomic mass is 10.2. The lowest BCUT2D eigenvalue weighted by Gasteiger charge is -2.13. The van der Waals surface area contributed by atoms with E-state index >= 15 is 0 Å². The van der Waals surface area contributed by atoms with Crippen LogP contribution in [-0.2, 0) is 4.79 Å². The quantitative estimate of drug-likeness (QED) is 0.396. The number of anilines is 1. The summed E-state index contributed by atoms with van der Waals surface area (Å²) in [6.45, 7) is 1.65. The molecule has 2 aromatic carbocycles. The van der Waals surface area contributed by atoms with E-state index in [0.717, 1.165) is 18.0 Å². The molecule has 26 heavy (non-hydrogen) atoms. The Morgan fingerprint density at radius 2 is 2.00 bits per heavy atom. The fraction of sp³-hybridized carbons (Fsp3) is 0.176. The van der Waals surface area contributed by atoms with Crippen molar-refractivity contribution in [2.24, 2.45) is 5.10 Å². The molecule has 0 aliphatic rings. The van der Waals surface area contributed by atoms with Crippen LogP contribution in [0.25, 0.3) is 0 Å². The minimum absolute atomic E-state index is 0.121. The lowest BCUT2D eigenvalue weighted by molar-refractivity contribution is -0.384. The number of carbonyl (C=O) groups excluding carboxylic acids is 1. The number of nitrogens with zero attached hydrogens (tertiary/aromatic N) is 2. The number of nitrogens with one attached hydrogen (secondary N) is 2. The zero-order valence-electron chi connectivity index (χ0n) is 14.2. The Balaban J connectivity index is 1.95. The Labute approximate surface area is 149 Å². The number of nitro groups is 1. The van der Waals surface area contributed by atoms with E-state index in [1.165, 1.54) is 12.1 Å². The number of phenols is 1. The first-order valence-corrected chi connectivity index (χ1v) is 7.61. The molecule has 0 fully saturated rings. The average Bonchev–Trinajstić information content (AvgIpc) is 2.63. The van der Waals surface area contributed by atoms with Crippen LogP contribution in [-0.4, -0.2) is 35.3 Å². The molecule has 1 atom stereocenters. The molecule has 136 valence electrons. The summed E-state index contributed by atoms with van der Waals surface area (Å²) in [6.07, 6.45) is 1.14. The molecule has 9 nitrogen and oxygen atoms in total. The predicted octanol–water partition coefficient (Wildman–Crippen LogP) is 2.26. The van der Waals surface area contributed by atoms with E-state index in [4.69, 9.17) is 4.74 Å². The van der Waals surface area contributed by atoms with Gasteiger partial charge in [-0.1, -0.05) is 0 Å². The van der Waals surface area contributed by atoms with Crippen LogP contribution in [0.3, 0.4) is 0 Å². The number of hydrogen-bond donors (Lipinski definition) is 3. The number of amides is 1. The summed E-state index contributed by atoms with van der Waals surface area (Å²) >= 11 is 0. The highest BCUT2D eigenvalue weighted by atomic mass is 16.6. The van der Waals surface area contributed by atoms with Crippen molar-refractivity contribution < 1.29 is 19.6 Å². The maximum atomic E-state index is 12.0. The van der Waals surface area contributed by atoms with E-state index in [1.54, 1.807) is 38.3 Å². The number of aromatic hydroxyl groups is 1. The topological polar surface area (TPSA) is 126 Å². The minimum atomic E-state index is -0.587. The van der Waals surface area contributed by atoms with Crippen molar-refractivity contribution in [3.05, 3.63) is 58.1 Å². The van der Waals surface area contributed by atoms with Gasteiger partial charge in [0.2, 0.25) is 0 Å². The number of phenolic OH excluding ortho intramolecular Hbond substituents is 1. The zero-order valence-corrected chi connectivity index (χ0v) is 14.2. The maximum Gasteiger partial charge on any atom is 0.270 e. The molecule has 0 spiro atoms. The second-order valence-electron chi connectivity index (χ2n) is 5.33. The van der Waals surface area contributed by atoms with Crippen molar-refractivity contribution in [1.82, 2.24) is 5.43 Å². The number of rotatable bonds is 7. The maximum absolute atomic E-state index is 12.0. The SMILES string of the molecule is COc1ccc(N[C@H](C)C(=O)N/N=C\c2cc([N+](=O)[O-])ccc2O)cc1. The third kappa shape index (κ3) is 4.94. The number of hydrogen-bond acceptors (Lipinski definition) is 7. The number of nitro benzene ring substituents is 1. The number of hydrazone groups is 1. The first kappa shape index (κ1) is 18.7. The number of methoxy groups -OCH3 is 1. The van der Waals surface area contributed by atoms with Crippen LogP contribution in [0.5, 0.6) is 11.5 Å². The van der Waals surface area contributed by atoms with Crippen LogP contribution < -0.4 is 15.5 Å². The minimum Gasteiger partial charge on any atom is -0.507 e. The predicted molar refractivity (Wildman–Crippen MR) is 96.6 cm³/mol. The van der Waals surface area contributed by atoms with Gasteiger partial charge in [0.15, 0.2) is 0 Å². The monoisotopic (exact) mass is 358 g/mol. The van der Waals surface area contributed by atoms with E-state index in [9.17, 15) is 20.0 Å². The van der Waals surface area contributed by atoms with Gasteiger partial charge in [-0.25, -0.2) is 5.43 Å². The van der Waals surface area contributed by atoms with E-state index in [-0.39, 0.29) is 17.0 Å². The standard InChI is InChI=1S/C17H18N4O5/c1-11(19-13-3-6-15(26-2)7-4-13)17(23)20-18-10-12-9-14(21(24)25)5-8-16(12)22/h3-11,19,22H,1-2H3,(H,20,23)/b18-10-/t11-/m1/s1. The summed E-state index contributed by atoms with van der Waals surface area (Å²) in [5.74, 6) is 0.106. The Hall–Kier alpha value is -3.62. The normalized spacial score (nSPS) is 11.8. The second kappa shape index (κ2) is 8.47. The van der Waals surface area contributed by atoms with Crippen molar-refractivity contribution in [3.8, 4) is 11.5 Å². The molecule has 2 aromatic rings. The largest absolute Gasteiger partial charge is 0.507 e. The van der Waals surface area contributed by atoms with E-state index < -0.39 is 16.9 Å². The van der Waals surface area contributed by atoms with Gasteiger partial charge in [-0.3, -0.25) is 14.9 Å². The number of non-ortho nitro benzene ring substituents is 1. The zero-order chi connectivity index (χ0) is 19.1.